The van der Waals surface area contributed by atoms with Crippen LogP contribution in [-0.4, -0.2) is 17.7 Å². The molecule has 3 N–H and O–H groups in total. The number of rotatable bonds is 6. The van der Waals surface area contributed by atoms with Gasteiger partial charge in [0, 0.05) is 22.6 Å². The van der Waals surface area contributed by atoms with Gasteiger partial charge in [-0.05, 0) is 66.0 Å². The molecule has 0 fully saturated rings. The van der Waals surface area contributed by atoms with Gasteiger partial charge in [0.25, 0.3) is 17.7 Å². The third kappa shape index (κ3) is 5.06. The molecule has 0 saturated carbocycles. The summed E-state index contributed by atoms with van der Waals surface area (Å²) in [6.07, 6.45) is 1.42. The van der Waals surface area contributed by atoms with E-state index in [-0.39, 0.29) is 23.5 Å². The van der Waals surface area contributed by atoms with Crippen LogP contribution in [0.15, 0.2) is 88.9 Å². The van der Waals surface area contributed by atoms with Crippen molar-refractivity contribution >= 4 is 46.1 Å². The Labute approximate surface area is 181 Å². The van der Waals surface area contributed by atoms with Gasteiger partial charge in [-0.25, -0.2) is 0 Å². The number of hydrogen-bond donors (Lipinski definition) is 3. The van der Waals surface area contributed by atoms with Crippen LogP contribution in [0.25, 0.3) is 0 Å². The minimum absolute atomic E-state index is 0.202. The molecule has 7 nitrogen and oxygen atoms in total. The zero-order chi connectivity index (χ0) is 21.6. The maximum absolute atomic E-state index is 12.6. The summed E-state index contributed by atoms with van der Waals surface area (Å²) in [5, 5.41) is 10.1. The monoisotopic (exact) mass is 431 g/mol. The first-order valence-electron chi connectivity index (χ1n) is 9.30. The van der Waals surface area contributed by atoms with Gasteiger partial charge < -0.3 is 20.4 Å². The van der Waals surface area contributed by atoms with E-state index in [0.717, 1.165) is 0 Å². The SMILES string of the molecule is O=C(Nc1cccc(NC(=O)c2cccs2)c1)c1ccc(NC(=O)c2ccco2)cc1. The number of anilines is 3. The molecule has 0 atom stereocenters. The molecular formula is C23H17N3O4S. The minimum Gasteiger partial charge on any atom is -0.459 e. The van der Waals surface area contributed by atoms with Gasteiger partial charge in [-0.2, -0.15) is 0 Å². The zero-order valence-corrected chi connectivity index (χ0v) is 16.9. The molecule has 2 aromatic carbocycles. The van der Waals surface area contributed by atoms with Crippen LogP contribution in [0.2, 0.25) is 0 Å². The standard InChI is InChI=1S/C23H17N3O4S/c27-21(15-8-10-16(11-9-15)24-22(28)19-6-2-12-30-19)25-17-4-1-5-18(14-17)26-23(29)20-7-3-13-31-20/h1-14H,(H,24,28)(H,25,27)(H,26,29). The second-order valence-corrected chi connectivity index (χ2v) is 7.42. The Morgan fingerprint density at radius 2 is 1.39 bits per heavy atom. The van der Waals surface area contributed by atoms with Crippen LogP contribution in [0.3, 0.4) is 0 Å². The van der Waals surface area contributed by atoms with Crippen LogP contribution < -0.4 is 16.0 Å². The highest BCUT2D eigenvalue weighted by atomic mass is 32.1. The fourth-order valence-corrected chi connectivity index (χ4v) is 3.40. The summed E-state index contributed by atoms with van der Waals surface area (Å²) in [6, 6.07) is 20.1. The van der Waals surface area contributed by atoms with Gasteiger partial charge in [0.15, 0.2) is 5.76 Å². The van der Waals surface area contributed by atoms with Crippen LogP contribution in [-0.2, 0) is 0 Å². The molecule has 0 aliphatic carbocycles. The average Bonchev–Trinajstić information content (AvgIpc) is 3.49. The summed E-state index contributed by atoms with van der Waals surface area (Å²) < 4.78 is 5.05. The summed E-state index contributed by atoms with van der Waals surface area (Å²) in [4.78, 5) is 37.4. The topological polar surface area (TPSA) is 100 Å². The van der Waals surface area contributed by atoms with Gasteiger partial charge in [-0.3, -0.25) is 14.4 Å². The minimum atomic E-state index is -0.372. The number of benzene rings is 2. The van der Waals surface area contributed by atoms with Gasteiger partial charge in [0.05, 0.1) is 11.1 Å². The molecule has 4 rings (SSSR count). The molecule has 8 heteroatoms. The summed E-state index contributed by atoms with van der Waals surface area (Å²) >= 11 is 1.35. The van der Waals surface area contributed by atoms with Crippen LogP contribution in [0.5, 0.6) is 0 Å². The lowest BCUT2D eigenvalue weighted by Crippen LogP contribution is -2.14. The normalized spacial score (nSPS) is 10.3. The Kier molecular flexibility index (Phi) is 5.91. The number of furan rings is 1. The molecule has 0 aliphatic rings. The third-order valence-corrected chi connectivity index (χ3v) is 5.14. The second-order valence-electron chi connectivity index (χ2n) is 6.48. The smallest absolute Gasteiger partial charge is 0.291 e. The molecule has 4 aromatic rings. The van der Waals surface area contributed by atoms with Crippen molar-refractivity contribution in [1.29, 1.82) is 0 Å². The molecule has 0 spiro atoms. The van der Waals surface area contributed by atoms with E-state index in [0.29, 0.717) is 27.5 Å². The summed E-state index contributed by atoms with van der Waals surface area (Å²) in [5.41, 5.74) is 2.08. The van der Waals surface area contributed by atoms with Crippen molar-refractivity contribution in [2.75, 3.05) is 16.0 Å². The molecule has 3 amide bonds. The molecule has 0 aliphatic heterocycles. The summed E-state index contributed by atoms with van der Waals surface area (Å²) in [7, 11) is 0. The van der Waals surface area contributed by atoms with E-state index in [1.165, 1.54) is 17.6 Å². The summed E-state index contributed by atoms with van der Waals surface area (Å²) in [5.74, 6) is -0.687. The van der Waals surface area contributed by atoms with Gasteiger partial charge in [-0.15, -0.1) is 11.3 Å². The first-order chi connectivity index (χ1) is 15.1. The van der Waals surface area contributed by atoms with Crippen LogP contribution >= 0.6 is 11.3 Å². The van der Waals surface area contributed by atoms with Crippen molar-refractivity contribution in [1.82, 2.24) is 0 Å². The molecule has 2 aromatic heterocycles. The molecule has 31 heavy (non-hydrogen) atoms. The highest BCUT2D eigenvalue weighted by molar-refractivity contribution is 7.12. The quantitative estimate of drug-likeness (QED) is 0.395. The van der Waals surface area contributed by atoms with Crippen molar-refractivity contribution < 1.29 is 18.8 Å². The number of amides is 3. The van der Waals surface area contributed by atoms with Gasteiger partial charge in [0.2, 0.25) is 0 Å². The molecule has 154 valence electrons. The van der Waals surface area contributed by atoms with Crippen LogP contribution in [0.4, 0.5) is 17.1 Å². The molecule has 0 radical (unpaired) electrons. The van der Waals surface area contributed by atoms with E-state index < -0.39 is 0 Å². The lowest BCUT2D eigenvalue weighted by molar-refractivity contribution is 0.0994. The van der Waals surface area contributed by atoms with Crippen LogP contribution in [0, 0.1) is 0 Å². The number of thiophene rings is 1. The highest BCUT2D eigenvalue weighted by Crippen LogP contribution is 2.19. The fraction of sp³-hybridized carbons (Fsp3) is 0. The molecule has 0 unspecified atom stereocenters. The number of nitrogens with one attached hydrogen (secondary N) is 3. The second kappa shape index (κ2) is 9.10. The largest absolute Gasteiger partial charge is 0.459 e. The number of carbonyl (C=O) groups is 3. The first kappa shape index (κ1) is 20.1. The Balaban J connectivity index is 1.38. The Morgan fingerprint density at radius 3 is 2.03 bits per heavy atom. The van der Waals surface area contributed by atoms with Gasteiger partial charge in [0.1, 0.15) is 0 Å². The number of hydrogen-bond acceptors (Lipinski definition) is 5. The number of carbonyl (C=O) groups excluding carboxylic acids is 3. The van der Waals surface area contributed by atoms with E-state index in [1.54, 1.807) is 66.7 Å². The molecular weight excluding hydrogens is 414 g/mol. The van der Waals surface area contributed by atoms with Crippen molar-refractivity contribution in [2.45, 2.75) is 0 Å². The lowest BCUT2D eigenvalue weighted by Gasteiger charge is -2.09. The first-order valence-corrected chi connectivity index (χ1v) is 10.2. The van der Waals surface area contributed by atoms with E-state index in [2.05, 4.69) is 16.0 Å². The maximum Gasteiger partial charge on any atom is 0.291 e. The van der Waals surface area contributed by atoms with Crippen molar-refractivity contribution in [3.8, 4) is 0 Å². The van der Waals surface area contributed by atoms with E-state index in [9.17, 15) is 14.4 Å². The predicted octanol–water partition coefficient (Wildman–Crippen LogP) is 5.10. The third-order valence-electron chi connectivity index (χ3n) is 4.27. The molecule has 0 bridgehead atoms. The Hall–Kier alpha value is -4.17. The fourth-order valence-electron chi connectivity index (χ4n) is 2.78. The maximum atomic E-state index is 12.6. The van der Waals surface area contributed by atoms with Crippen LogP contribution in [0.1, 0.15) is 30.6 Å². The summed E-state index contributed by atoms with van der Waals surface area (Å²) in [6.45, 7) is 0. The van der Waals surface area contributed by atoms with E-state index in [1.807, 2.05) is 11.4 Å². The average molecular weight is 431 g/mol. The zero-order valence-electron chi connectivity index (χ0n) is 16.1. The van der Waals surface area contributed by atoms with E-state index in [4.69, 9.17) is 4.42 Å². The Bertz CT molecular complexity index is 1200. The molecule has 0 saturated heterocycles. The van der Waals surface area contributed by atoms with Crippen molar-refractivity contribution in [3.63, 3.8) is 0 Å². The van der Waals surface area contributed by atoms with Gasteiger partial charge in [-0.1, -0.05) is 12.1 Å². The van der Waals surface area contributed by atoms with E-state index >= 15 is 0 Å². The van der Waals surface area contributed by atoms with Crippen molar-refractivity contribution in [2.24, 2.45) is 0 Å². The lowest BCUT2D eigenvalue weighted by atomic mass is 10.2. The predicted molar refractivity (Wildman–Crippen MR) is 120 cm³/mol. The molecule has 2 heterocycles. The van der Waals surface area contributed by atoms with Crippen molar-refractivity contribution in [3.05, 3.63) is 101 Å². The van der Waals surface area contributed by atoms with Gasteiger partial charge >= 0.3 is 0 Å². The highest BCUT2D eigenvalue weighted by Gasteiger charge is 2.11. The Morgan fingerprint density at radius 1 is 0.677 bits per heavy atom.